The molecule has 0 atom stereocenters. The van der Waals surface area contributed by atoms with Crippen LogP contribution in [-0.4, -0.2) is 48.4 Å². The Balaban J connectivity index is 1.55. The van der Waals surface area contributed by atoms with Crippen molar-refractivity contribution in [1.29, 1.82) is 0 Å². The highest BCUT2D eigenvalue weighted by Crippen LogP contribution is 2.40. The number of morpholine rings is 1. The highest BCUT2D eigenvalue weighted by Gasteiger charge is 2.24. The van der Waals surface area contributed by atoms with Gasteiger partial charge in [0, 0.05) is 28.5 Å². The van der Waals surface area contributed by atoms with Crippen LogP contribution in [0.1, 0.15) is 38.2 Å². The SMILES string of the molecule is CCc1cc(C(=O)O)c(C2=CCc3ccc(NC(=O)NN4CCOCC4)cc32)s1. The number of aromatic carboxylic acids is 1. The molecule has 2 amide bonds. The molecule has 8 heteroatoms. The number of hydrazine groups is 1. The monoisotopic (exact) mass is 413 g/mol. The Labute approximate surface area is 173 Å². The second kappa shape index (κ2) is 8.36. The van der Waals surface area contributed by atoms with E-state index in [2.05, 4.69) is 16.8 Å². The predicted octanol–water partition coefficient (Wildman–Crippen LogP) is 3.37. The zero-order valence-electron chi connectivity index (χ0n) is 16.2. The second-order valence-electron chi connectivity index (χ2n) is 6.97. The smallest absolute Gasteiger partial charge is 0.337 e. The first-order valence-electron chi connectivity index (χ1n) is 9.65. The number of carboxylic acid groups (broad SMARTS) is 1. The summed E-state index contributed by atoms with van der Waals surface area (Å²) in [5.41, 5.74) is 6.87. The molecule has 1 aliphatic heterocycles. The Morgan fingerprint density at radius 3 is 2.76 bits per heavy atom. The van der Waals surface area contributed by atoms with E-state index in [9.17, 15) is 14.7 Å². The molecule has 152 valence electrons. The lowest BCUT2D eigenvalue weighted by molar-refractivity contribution is 0.0207. The largest absolute Gasteiger partial charge is 0.478 e. The third-order valence-corrected chi connectivity index (χ3v) is 6.37. The van der Waals surface area contributed by atoms with E-state index in [0.29, 0.717) is 37.6 Å². The molecule has 0 unspecified atom stereocenters. The lowest BCUT2D eigenvalue weighted by atomic mass is 10.0. The first-order chi connectivity index (χ1) is 14.0. The zero-order chi connectivity index (χ0) is 20.4. The van der Waals surface area contributed by atoms with Crippen LogP contribution in [-0.2, 0) is 17.6 Å². The summed E-state index contributed by atoms with van der Waals surface area (Å²) in [5.74, 6) is -0.913. The number of thiophene rings is 1. The van der Waals surface area contributed by atoms with Gasteiger partial charge in [0.1, 0.15) is 0 Å². The maximum absolute atomic E-state index is 12.3. The maximum atomic E-state index is 12.3. The Bertz CT molecular complexity index is 976. The summed E-state index contributed by atoms with van der Waals surface area (Å²) in [6.07, 6.45) is 3.62. The number of carbonyl (C=O) groups is 2. The molecule has 2 aromatic rings. The topological polar surface area (TPSA) is 90.9 Å². The number of nitrogens with zero attached hydrogens (tertiary/aromatic N) is 1. The highest BCUT2D eigenvalue weighted by molar-refractivity contribution is 7.13. The van der Waals surface area contributed by atoms with Crippen LogP contribution in [0.3, 0.4) is 0 Å². The standard InChI is InChI=1S/C21H23N3O4S/c1-2-15-12-18(20(25)26)19(29-15)16-6-4-13-3-5-14(11-17(13)16)22-21(27)23-24-7-9-28-10-8-24/h3,5-6,11-12H,2,4,7-10H2,1H3,(H,25,26)(H2,22,23,27). The molecule has 4 rings (SSSR count). The van der Waals surface area contributed by atoms with Gasteiger partial charge < -0.3 is 15.2 Å². The molecule has 1 aromatic carbocycles. The first-order valence-corrected chi connectivity index (χ1v) is 10.5. The number of benzene rings is 1. The zero-order valence-corrected chi connectivity index (χ0v) is 17.0. The van der Waals surface area contributed by atoms with Gasteiger partial charge in [-0.05, 0) is 47.7 Å². The Hall–Kier alpha value is -2.68. The van der Waals surface area contributed by atoms with Crippen LogP contribution < -0.4 is 10.7 Å². The Morgan fingerprint density at radius 2 is 2.03 bits per heavy atom. The summed E-state index contributed by atoms with van der Waals surface area (Å²) < 4.78 is 5.28. The lowest BCUT2D eigenvalue weighted by Crippen LogP contribution is -2.49. The van der Waals surface area contributed by atoms with Gasteiger partial charge >= 0.3 is 12.0 Å². The van der Waals surface area contributed by atoms with E-state index >= 15 is 0 Å². The Morgan fingerprint density at radius 1 is 1.24 bits per heavy atom. The number of anilines is 1. The molecule has 1 aliphatic carbocycles. The van der Waals surface area contributed by atoms with Crippen molar-refractivity contribution in [2.75, 3.05) is 31.6 Å². The number of rotatable bonds is 5. The fourth-order valence-corrected chi connectivity index (χ4v) is 4.72. The maximum Gasteiger partial charge on any atom is 0.337 e. The van der Waals surface area contributed by atoms with Gasteiger partial charge in [-0.2, -0.15) is 0 Å². The number of fused-ring (bicyclic) bond motifs is 1. The van der Waals surface area contributed by atoms with Gasteiger partial charge in [0.25, 0.3) is 0 Å². The van der Waals surface area contributed by atoms with Crippen molar-refractivity contribution >= 4 is 34.6 Å². The van der Waals surface area contributed by atoms with Gasteiger partial charge in [-0.25, -0.2) is 14.6 Å². The summed E-state index contributed by atoms with van der Waals surface area (Å²) in [4.78, 5) is 25.9. The predicted molar refractivity (Wildman–Crippen MR) is 112 cm³/mol. The molecular weight excluding hydrogens is 390 g/mol. The van der Waals surface area contributed by atoms with Gasteiger partial charge in [-0.1, -0.05) is 19.1 Å². The van der Waals surface area contributed by atoms with Crippen molar-refractivity contribution in [2.45, 2.75) is 19.8 Å². The van der Waals surface area contributed by atoms with Crippen molar-refractivity contribution < 1.29 is 19.4 Å². The molecule has 1 saturated heterocycles. The van der Waals surface area contributed by atoms with E-state index in [-0.39, 0.29) is 6.03 Å². The van der Waals surface area contributed by atoms with Crippen LogP contribution in [0, 0.1) is 0 Å². The third kappa shape index (κ3) is 4.19. The van der Waals surface area contributed by atoms with Crippen LogP contribution in [0.15, 0.2) is 30.3 Å². The highest BCUT2D eigenvalue weighted by atomic mass is 32.1. The summed E-state index contributed by atoms with van der Waals surface area (Å²) in [6, 6.07) is 7.24. The number of allylic oxidation sites excluding steroid dienone is 1. The van der Waals surface area contributed by atoms with Gasteiger partial charge in [0.2, 0.25) is 0 Å². The first kappa shape index (κ1) is 19.6. The van der Waals surface area contributed by atoms with Crippen molar-refractivity contribution in [3.63, 3.8) is 0 Å². The van der Waals surface area contributed by atoms with Gasteiger partial charge in [-0.3, -0.25) is 5.43 Å². The molecule has 29 heavy (non-hydrogen) atoms. The summed E-state index contributed by atoms with van der Waals surface area (Å²) in [6.45, 7) is 4.52. The fraction of sp³-hybridized carbons (Fsp3) is 0.333. The van der Waals surface area contributed by atoms with Crippen LogP contribution in [0.2, 0.25) is 0 Å². The number of urea groups is 1. The second-order valence-corrected chi connectivity index (χ2v) is 8.11. The summed E-state index contributed by atoms with van der Waals surface area (Å²) >= 11 is 1.52. The number of amides is 2. The molecule has 0 spiro atoms. The minimum Gasteiger partial charge on any atom is -0.478 e. The van der Waals surface area contributed by atoms with Crippen molar-refractivity contribution in [2.24, 2.45) is 0 Å². The van der Waals surface area contributed by atoms with E-state index in [4.69, 9.17) is 4.74 Å². The van der Waals surface area contributed by atoms with E-state index in [1.807, 2.05) is 30.1 Å². The normalized spacial score (nSPS) is 16.2. The van der Waals surface area contributed by atoms with Crippen LogP contribution in [0.25, 0.3) is 5.57 Å². The Kier molecular flexibility index (Phi) is 5.66. The van der Waals surface area contributed by atoms with Gasteiger partial charge in [0.05, 0.1) is 18.8 Å². The average Bonchev–Trinajstić information content (AvgIpc) is 3.32. The third-order valence-electron chi connectivity index (χ3n) is 5.06. The number of nitrogens with one attached hydrogen (secondary N) is 2. The van der Waals surface area contributed by atoms with Crippen LogP contribution >= 0.6 is 11.3 Å². The van der Waals surface area contributed by atoms with Gasteiger partial charge in [0.15, 0.2) is 0 Å². The molecule has 0 bridgehead atoms. The van der Waals surface area contributed by atoms with E-state index in [1.165, 1.54) is 11.3 Å². The molecular formula is C21H23N3O4S. The number of carboxylic acids is 1. The number of aryl methyl sites for hydroxylation is 1. The molecule has 0 radical (unpaired) electrons. The quantitative estimate of drug-likeness (QED) is 0.699. The van der Waals surface area contributed by atoms with E-state index in [1.54, 1.807) is 6.07 Å². The van der Waals surface area contributed by atoms with Gasteiger partial charge in [-0.15, -0.1) is 11.3 Å². The molecule has 1 aromatic heterocycles. The van der Waals surface area contributed by atoms with Crippen LogP contribution in [0.5, 0.6) is 0 Å². The molecule has 2 aliphatic rings. The minimum atomic E-state index is -0.913. The molecule has 7 nitrogen and oxygen atoms in total. The molecule has 2 heterocycles. The molecule has 1 fully saturated rings. The molecule has 3 N–H and O–H groups in total. The minimum absolute atomic E-state index is 0.300. The lowest BCUT2D eigenvalue weighted by Gasteiger charge is -2.26. The van der Waals surface area contributed by atoms with Crippen molar-refractivity contribution in [1.82, 2.24) is 10.4 Å². The van der Waals surface area contributed by atoms with E-state index in [0.717, 1.165) is 39.3 Å². The average molecular weight is 413 g/mol. The number of hydrogen-bond acceptors (Lipinski definition) is 5. The fourth-order valence-electron chi connectivity index (χ4n) is 3.57. The summed E-state index contributed by atoms with van der Waals surface area (Å²) in [7, 11) is 0. The summed E-state index contributed by atoms with van der Waals surface area (Å²) in [5, 5.41) is 14.3. The van der Waals surface area contributed by atoms with Crippen molar-refractivity contribution in [3.8, 4) is 0 Å². The van der Waals surface area contributed by atoms with E-state index < -0.39 is 5.97 Å². The number of carbonyl (C=O) groups excluding carboxylic acids is 1. The van der Waals surface area contributed by atoms with Crippen molar-refractivity contribution in [3.05, 3.63) is 56.8 Å². The number of ether oxygens (including phenoxy) is 1. The molecule has 0 saturated carbocycles. The number of hydrogen-bond donors (Lipinski definition) is 3. The van der Waals surface area contributed by atoms with Crippen LogP contribution in [0.4, 0.5) is 10.5 Å².